The molecule has 78 valence electrons. The fourth-order valence-corrected chi connectivity index (χ4v) is 2.57. The van der Waals surface area contributed by atoms with Gasteiger partial charge in [0.1, 0.15) is 0 Å². The highest BCUT2D eigenvalue weighted by Gasteiger charge is 2.22. The summed E-state index contributed by atoms with van der Waals surface area (Å²) in [6.45, 7) is 0. The number of carboxylic acids is 1. The number of thiophene rings is 1. The Hall–Kier alpha value is -1.34. The molecular formula is C8H5BrN2O3S. The van der Waals surface area contributed by atoms with Crippen LogP contribution in [0.3, 0.4) is 0 Å². The van der Waals surface area contributed by atoms with Crippen molar-refractivity contribution in [2.75, 3.05) is 5.73 Å². The zero-order valence-electron chi connectivity index (χ0n) is 7.23. The quantitative estimate of drug-likeness (QED) is 0.886. The van der Waals surface area contributed by atoms with Crippen LogP contribution in [0.1, 0.15) is 10.5 Å². The molecule has 2 rings (SSSR count). The van der Waals surface area contributed by atoms with E-state index in [0.717, 1.165) is 3.79 Å². The minimum Gasteiger partial charge on any atom is -0.476 e. The van der Waals surface area contributed by atoms with Crippen molar-refractivity contribution in [2.24, 2.45) is 0 Å². The zero-order chi connectivity index (χ0) is 11.0. The van der Waals surface area contributed by atoms with E-state index in [2.05, 4.69) is 25.6 Å². The van der Waals surface area contributed by atoms with Crippen LogP contribution >= 0.6 is 27.3 Å². The standard InChI is InChI=1S/C8H5BrN2O3S/c9-4-2-1-3(15-4)5-6(8(12)13)11-14-7(5)10/h1-2H,10H2,(H,12,13). The largest absolute Gasteiger partial charge is 0.476 e. The first kappa shape index (κ1) is 10.2. The van der Waals surface area contributed by atoms with E-state index < -0.39 is 5.97 Å². The molecule has 0 saturated heterocycles. The Morgan fingerprint density at radius 1 is 1.60 bits per heavy atom. The number of aromatic nitrogens is 1. The predicted molar refractivity (Wildman–Crippen MR) is 58.9 cm³/mol. The Labute approximate surface area is 96.6 Å². The normalized spacial score (nSPS) is 10.5. The number of nitrogens with two attached hydrogens (primary N) is 1. The Morgan fingerprint density at radius 3 is 2.87 bits per heavy atom. The third kappa shape index (κ3) is 1.75. The second-order valence-corrected chi connectivity index (χ2v) is 5.14. The molecule has 2 aromatic rings. The molecular weight excluding hydrogens is 284 g/mol. The fourth-order valence-electron chi connectivity index (χ4n) is 1.14. The first-order chi connectivity index (χ1) is 7.09. The van der Waals surface area contributed by atoms with E-state index in [1.54, 1.807) is 12.1 Å². The van der Waals surface area contributed by atoms with Gasteiger partial charge in [0.15, 0.2) is 0 Å². The molecule has 0 aliphatic carbocycles. The van der Waals surface area contributed by atoms with Gasteiger partial charge in [-0.25, -0.2) is 4.79 Å². The summed E-state index contributed by atoms with van der Waals surface area (Å²) in [4.78, 5) is 11.5. The van der Waals surface area contributed by atoms with E-state index >= 15 is 0 Å². The van der Waals surface area contributed by atoms with Crippen LogP contribution < -0.4 is 5.73 Å². The number of rotatable bonds is 2. The molecule has 2 heterocycles. The van der Waals surface area contributed by atoms with Crippen LogP contribution in [0.2, 0.25) is 0 Å². The van der Waals surface area contributed by atoms with Crippen LogP contribution in [0.15, 0.2) is 20.4 Å². The third-order valence-corrected chi connectivity index (χ3v) is 3.38. The summed E-state index contributed by atoms with van der Waals surface area (Å²) in [5.41, 5.74) is 5.69. The molecule has 5 nitrogen and oxygen atoms in total. The third-order valence-electron chi connectivity index (χ3n) is 1.74. The first-order valence-electron chi connectivity index (χ1n) is 3.83. The minimum atomic E-state index is -1.16. The van der Waals surface area contributed by atoms with Crippen molar-refractivity contribution in [3.63, 3.8) is 0 Å². The lowest BCUT2D eigenvalue weighted by molar-refractivity contribution is 0.0686. The maximum atomic E-state index is 10.8. The van der Waals surface area contributed by atoms with Crippen LogP contribution in [0.5, 0.6) is 0 Å². The first-order valence-corrected chi connectivity index (χ1v) is 5.44. The van der Waals surface area contributed by atoms with Gasteiger partial charge in [0, 0.05) is 4.88 Å². The summed E-state index contributed by atoms with van der Waals surface area (Å²) in [5.74, 6) is -1.14. The van der Waals surface area contributed by atoms with Gasteiger partial charge in [-0.15, -0.1) is 11.3 Å². The highest BCUT2D eigenvalue weighted by molar-refractivity contribution is 9.11. The van der Waals surface area contributed by atoms with E-state index in [4.69, 9.17) is 10.8 Å². The predicted octanol–water partition coefficient (Wildman–Crippen LogP) is 2.45. The number of carboxylic acid groups (broad SMARTS) is 1. The summed E-state index contributed by atoms with van der Waals surface area (Å²) in [5, 5.41) is 12.3. The molecule has 0 unspecified atom stereocenters. The lowest BCUT2D eigenvalue weighted by Gasteiger charge is -1.93. The van der Waals surface area contributed by atoms with Crippen LogP contribution in [0, 0.1) is 0 Å². The molecule has 0 atom stereocenters. The molecule has 0 fully saturated rings. The molecule has 0 aromatic carbocycles. The van der Waals surface area contributed by atoms with Gasteiger partial charge in [0.25, 0.3) is 0 Å². The SMILES string of the molecule is Nc1onc(C(=O)O)c1-c1ccc(Br)s1. The molecule has 2 aromatic heterocycles. The van der Waals surface area contributed by atoms with Crippen molar-refractivity contribution in [1.82, 2.24) is 5.16 Å². The van der Waals surface area contributed by atoms with Gasteiger partial charge in [0.05, 0.1) is 9.35 Å². The maximum Gasteiger partial charge on any atom is 0.358 e. The molecule has 0 saturated carbocycles. The van der Waals surface area contributed by atoms with Crippen molar-refractivity contribution in [2.45, 2.75) is 0 Å². The van der Waals surface area contributed by atoms with Crippen molar-refractivity contribution in [1.29, 1.82) is 0 Å². The average Bonchev–Trinajstić information content (AvgIpc) is 2.71. The van der Waals surface area contributed by atoms with Gasteiger partial charge in [-0.05, 0) is 28.1 Å². The van der Waals surface area contributed by atoms with Gasteiger partial charge in [0.2, 0.25) is 11.6 Å². The molecule has 0 aliphatic heterocycles. The Kier molecular flexibility index (Phi) is 2.49. The number of nitrogen functional groups attached to an aromatic ring is 1. The second-order valence-electron chi connectivity index (χ2n) is 2.68. The summed E-state index contributed by atoms with van der Waals surface area (Å²) in [6, 6.07) is 3.56. The fraction of sp³-hybridized carbons (Fsp3) is 0. The van der Waals surface area contributed by atoms with Crippen LogP contribution in [0.4, 0.5) is 5.88 Å². The lowest BCUT2D eigenvalue weighted by atomic mass is 10.2. The topological polar surface area (TPSA) is 89.4 Å². The maximum absolute atomic E-state index is 10.8. The number of aromatic carboxylic acids is 1. The van der Waals surface area contributed by atoms with E-state index in [-0.39, 0.29) is 11.6 Å². The monoisotopic (exact) mass is 288 g/mol. The van der Waals surface area contributed by atoms with Gasteiger partial charge < -0.3 is 15.4 Å². The number of halogens is 1. The number of hydrogen-bond donors (Lipinski definition) is 2. The molecule has 0 radical (unpaired) electrons. The zero-order valence-corrected chi connectivity index (χ0v) is 9.63. The molecule has 0 bridgehead atoms. The number of nitrogens with zero attached hydrogens (tertiary/aromatic N) is 1. The van der Waals surface area contributed by atoms with E-state index in [0.29, 0.717) is 10.4 Å². The molecule has 7 heteroatoms. The van der Waals surface area contributed by atoms with Crippen molar-refractivity contribution in [3.8, 4) is 10.4 Å². The average molecular weight is 289 g/mol. The number of carbonyl (C=O) groups is 1. The van der Waals surface area contributed by atoms with Gasteiger partial charge >= 0.3 is 5.97 Å². The van der Waals surface area contributed by atoms with Gasteiger partial charge in [-0.3, -0.25) is 0 Å². The summed E-state index contributed by atoms with van der Waals surface area (Å²) >= 11 is 4.65. The Balaban J connectivity index is 2.60. The van der Waals surface area contributed by atoms with Gasteiger partial charge in [-0.1, -0.05) is 5.16 Å². The molecule has 0 aliphatic rings. The highest BCUT2D eigenvalue weighted by Crippen LogP contribution is 2.36. The van der Waals surface area contributed by atoms with Crippen molar-refractivity contribution < 1.29 is 14.4 Å². The molecule has 3 N–H and O–H groups in total. The summed E-state index contributed by atoms with van der Waals surface area (Å²) < 4.78 is 5.54. The Bertz CT molecular complexity index is 520. The van der Waals surface area contributed by atoms with E-state index in [9.17, 15) is 4.79 Å². The minimum absolute atomic E-state index is 0.0155. The molecule has 15 heavy (non-hydrogen) atoms. The summed E-state index contributed by atoms with van der Waals surface area (Å²) in [7, 11) is 0. The van der Waals surface area contributed by atoms with Gasteiger partial charge in [-0.2, -0.15) is 0 Å². The molecule has 0 spiro atoms. The van der Waals surface area contributed by atoms with Crippen LogP contribution in [-0.2, 0) is 0 Å². The smallest absolute Gasteiger partial charge is 0.358 e. The van der Waals surface area contributed by atoms with Crippen molar-refractivity contribution >= 4 is 39.1 Å². The summed E-state index contributed by atoms with van der Waals surface area (Å²) in [6.07, 6.45) is 0. The van der Waals surface area contributed by atoms with E-state index in [1.807, 2.05) is 0 Å². The molecule has 0 amide bonds. The highest BCUT2D eigenvalue weighted by atomic mass is 79.9. The van der Waals surface area contributed by atoms with Crippen LogP contribution in [0.25, 0.3) is 10.4 Å². The number of hydrogen-bond acceptors (Lipinski definition) is 5. The second kappa shape index (κ2) is 3.67. The lowest BCUT2D eigenvalue weighted by Crippen LogP contribution is -1.98. The Morgan fingerprint density at radius 2 is 2.33 bits per heavy atom. The van der Waals surface area contributed by atoms with Crippen molar-refractivity contribution in [3.05, 3.63) is 21.6 Å². The van der Waals surface area contributed by atoms with E-state index in [1.165, 1.54) is 11.3 Å². The number of anilines is 1. The van der Waals surface area contributed by atoms with Crippen LogP contribution in [-0.4, -0.2) is 16.2 Å².